The van der Waals surface area contributed by atoms with Gasteiger partial charge in [0.25, 0.3) is 0 Å². The van der Waals surface area contributed by atoms with Crippen molar-refractivity contribution in [3.8, 4) is 0 Å². The second kappa shape index (κ2) is 9.70. The molecule has 0 unspecified atom stereocenters. The van der Waals surface area contributed by atoms with Gasteiger partial charge in [-0.15, -0.1) is 0 Å². The monoisotopic (exact) mass is 503 g/mol. The highest BCUT2D eigenvalue weighted by Crippen LogP contribution is 2.60. The number of anilines is 2. The van der Waals surface area contributed by atoms with E-state index in [1.54, 1.807) is 31.0 Å². The SMILES string of the molecule is CCOC(=O)C1=NN(c2ccc(Cl)cc2)[C@@]2(S1)SC(C(=O)OCC)=C(C)N2c1ccccc1. The number of halogens is 1. The van der Waals surface area contributed by atoms with Crippen molar-refractivity contribution in [2.75, 3.05) is 23.1 Å². The molecule has 2 aliphatic rings. The van der Waals surface area contributed by atoms with Gasteiger partial charge in [-0.25, -0.2) is 14.6 Å². The van der Waals surface area contributed by atoms with Crippen LogP contribution in [0.15, 0.2) is 70.3 Å². The molecule has 0 aliphatic carbocycles. The lowest BCUT2D eigenvalue weighted by atomic mass is 10.2. The lowest BCUT2D eigenvalue weighted by molar-refractivity contribution is -0.137. The van der Waals surface area contributed by atoms with E-state index in [9.17, 15) is 9.59 Å². The molecule has 7 nitrogen and oxygen atoms in total. The van der Waals surface area contributed by atoms with Crippen LogP contribution >= 0.6 is 35.1 Å². The summed E-state index contributed by atoms with van der Waals surface area (Å²) in [5.74, 6) is -0.937. The summed E-state index contributed by atoms with van der Waals surface area (Å²) in [5.41, 5.74) is 2.25. The van der Waals surface area contributed by atoms with Crippen molar-refractivity contribution in [2.24, 2.45) is 5.10 Å². The van der Waals surface area contributed by atoms with Crippen molar-refractivity contribution >= 4 is 63.5 Å². The number of hydrazone groups is 1. The molecule has 2 aromatic rings. The Morgan fingerprint density at radius 1 is 0.939 bits per heavy atom. The molecule has 2 heterocycles. The van der Waals surface area contributed by atoms with E-state index in [1.807, 2.05) is 54.3 Å². The Labute approximate surface area is 205 Å². The molecule has 10 heteroatoms. The van der Waals surface area contributed by atoms with Crippen molar-refractivity contribution in [1.29, 1.82) is 0 Å². The molecule has 0 amide bonds. The van der Waals surface area contributed by atoms with E-state index >= 15 is 0 Å². The predicted octanol–water partition coefficient (Wildman–Crippen LogP) is 5.43. The highest BCUT2D eigenvalue weighted by Gasteiger charge is 2.58. The van der Waals surface area contributed by atoms with Gasteiger partial charge >= 0.3 is 11.9 Å². The molecule has 0 fully saturated rings. The Hall–Kier alpha value is -2.62. The second-order valence-corrected chi connectivity index (χ2v) is 10.0. The van der Waals surface area contributed by atoms with Crippen LogP contribution < -0.4 is 9.91 Å². The molecule has 33 heavy (non-hydrogen) atoms. The molecule has 4 rings (SSSR count). The highest BCUT2D eigenvalue weighted by molar-refractivity contribution is 8.29. The van der Waals surface area contributed by atoms with Gasteiger partial charge in [0.05, 0.1) is 18.9 Å². The van der Waals surface area contributed by atoms with Gasteiger partial charge in [0.15, 0.2) is 0 Å². The van der Waals surface area contributed by atoms with E-state index in [2.05, 4.69) is 5.10 Å². The third-order valence-electron chi connectivity index (χ3n) is 4.87. The van der Waals surface area contributed by atoms with Gasteiger partial charge in [0.2, 0.25) is 9.37 Å². The average Bonchev–Trinajstić information content (AvgIpc) is 3.33. The van der Waals surface area contributed by atoms with Gasteiger partial charge in [-0.3, -0.25) is 0 Å². The first-order valence-electron chi connectivity index (χ1n) is 10.3. The number of thioether (sulfide) groups is 2. The number of nitrogens with zero attached hydrogens (tertiary/aromatic N) is 3. The first-order valence-corrected chi connectivity index (χ1v) is 12.3. The quantitative estimate of drug-likeness (QED) is 0.483. The van der Waals surface area contributed by atoms with Gasteiger partial charge < -0.3 is 14.4 Å². The fourth-order valence-corrected chi connectivity index (χ4v) is 6.59. The normalized spacial score (nSPS) is 19.8. The average molecular weight is 504 g/mol. The molecule has 0 bridgehead atoms. The fourth-order valence-electron chi connectivity index (χ4n) is 3.51. The summed E-state index contributed by atoms with van der Waals surface area (Å²) in [6.07, 6.45) is 0. The maximum Gasteiger partial charge on any atom is 0.365 e. The topological polar surface area (TPSA) is 71.4 Å². The van der Waals surface area contributed by atoms with Crippen molar-refractivity contribution in [3.63, 3.8) is 0 Å². The van der Waals surface area contributed by atoms with Crippen molar-refractivity contribution in [1.82, 2.24) is 0 Å². The zero-order chi connectivity index (χ0) is 23.6. The lowest BCUT2D eigenvalue weighted by Gasteiger charge is -2.41. The number of rotatable bonds is 6. The standard InChI is InChI=1S/C23H22ClN3O4S2/c1-4-30-21(28)19-15(3)26(17-9-7-6-8-10-17)23(32-19)27(18-13-11-16(24)12-14-18)25-20(33-23)22(29)31-5-2/h6-14H,4-5H2,1-3H3/t23-/m1/s1. The van der Waals surface area contributed by atoms with Gasteiger partial charge in [0.1, 0.15) is 4.91 Å². The van der Waals surface area contributed by atoms with Gasteiger partial charge in [-0.1, -0.05) is 41.6 Å². The first kappa shape index (κ1) is 23.5. The molecule has 0 radical (unpaired) electrons. The molecule has 0 saturated carbocycles. The molecule has 2 aromatic carbocycles. The molecule has 2 aliphatic heterocycles. The minimum absolute atomic E-state index is 0.193. The van der Waals surface area contributed by atoms with Crippen LogP contribution in [0.25, 0.3) is 0 Å². The van der Waals surface area contributed by atoms with E-state index in [4.69, 9.17) is 21.1 Å². The maximum atomic E-state index is 12.9. The summed E-state index contributed by atoms with van der Waals surface area (Å²) >= 11 is 8.64. The van der Waals surface area contributed by atoms with Crippen LogP contribution in [0.3, 0.4) is 0 Å². The molecule has 1 spiro atoms. The summed E-state index contributed by atoms with van der Waals surface area (Å²) < 4.78 is 9.55. The van der Waals surface area contributed by atoms with E-state index in [1.165, 1.54) is 23.5 Å². The number of para-hydroxylation sites is 1. The number of esters is 2. The number of allylic oxidation sites excluding steroid dienone is 1. The summed E-state index contributed by atoms with van der Waals surface area (Å²) in [7, 11) is 0. The maximum absolute atomic E-state index is 12.9. The zero-order valence-electron chi connectivity index (χ0n) is 18.3. The van der Waals surface area contributed by atoms with E-state index < -0.39 is 16.3 Å². The third kappa shape index (κ3) is 4.32. The molecule has 172 valence electrons. The van der Waals surface area contributed by atoms with Crippen LogP contribution in [0.5, 0.6) is 0 Å². The number of ether oxygens (including phenoxy) is 2. The second-order valence-electron chi connectivity index (χ2n) is 6.97. The van der Waals surface area contributed by atoms with Crippen LogP contribution in [0.4, 0.5) is 11.4 Å². The van der Waals surface area contributed by atoms with Crippen molar-refractivity contribution in [3.05, 3.63) is 70.2 Å². The molecule has 0 aromatic heterocycles. The predicted molar refractivity (Wildman–Crippen MR) is 134 cm³/mol. The smallest absolute Gasteiger partial charge is 0.365 e. The molecule has 1 atom stereocenters. The van der Waals surface area contributed by atoms with Crippen LogP contribution in [-0.4, -0.2) is 34.5 Å². The van der Waals surface area contributed by atoms with Gasteiger partial charge in [-0.2, -0.15) is 5.10 Å². The Kier molecular flexibility index (Phi) is 6.92. The van der Waals surface area contributed by atoms with Crippen LogP contribution in [0.2, 0.25) is 5.02 Å². The zero-order valence-corrected chi connectivity index (χ0v) is 20.7. The Bertz CT molecular complexity index is 1120. The van der Waals surface area contributed by atoms with E-state index in [0.717, 1.165) is 5.69 Å². The summed E-state index contributed by atoms with van der Waals surface area (Å²) in [4.78, 5) is 28.0. The van der Waals surface area contributed by atoms with Crippen LogP contribution in [0.1, 0.15) is 20.8 Å². The molecule has 0 N–H and O–H groups in total. The molecule has 0 saturated heterocycles. The van der Waals surface area contributed by atoms with E-state index in [0.29, 0.717) is 21.3 Å². The largest absolute Gasteiger partial charge is 0.462 e. The third-order valence-corrected chi connectivity index (χ3v) is 7.97. The number of carbonyl (C=O) groups excluding carboxylic acids is 2. The van der Waals surface area contributed by atoms with Crippen LogP contribution in [0, 0.1) is 0 Å². The first-order chi connectivity index (χ1) is 15.9. The van der Waals surface area contributed by atoms with E-state index in [-0.39, 0.29) is 18.3 Å². The summed E-state index contributed by atoms with van der Waals surface area (Å²) in [6, 6.07) is 16.8. The Morgan fingerprint density at radius 3 is 2.21 bits per heavy atom. The highest BCUT2D eigenvalue weighted by atomic mass is 35.5. The lowest BCUT2D eigenvalue weighted by Crippen LogP contribution is -2.49. The minimum atomic E-state index is -1.02. The minimum Gasteiger partial charge on any atom is -0.462 e. The molecular weight excluding hydrogens is 482 g/mol. The van der Waals surface area contributed by atoms with Gasteiger partial charge in [0, 0.05) is 16.4 Å². The summed E-state index contributed by atoms with van der Waals surface area (Å²) in [6.45, 7) is 5.87. The number of benzene rings is 2. The van der Waals surface area contributed by atoms with Crippen LogP contribution in [-0.2, 0) is 19.1 Å². The fraction of sp³-hybridized carbons (Fsp3) is 0.261. The van der Waals surface area contributed by atoms with Crippen molar-refractivity contribution < 1.29 is 19.1 Å². The van der Waals surface area contributed by atoms with Crippen molar-refractivity contribution in [2.45, 2.75) is 25.1 Å². The van der Waals surface area contributed by atoms with Gasteiger partial charge in [-0.05, 0) is 68.9 Å². The number of carbonyl (C=O) groups is 2. The number of hydrogen-bond donors (Lipinski definition) is 0. The Balaban J connectivity index is 1.87. The Morgan fingerprint density at radius 2 is 1.58 bits per heavy atom. The number of hydrogen-bond acceptors (Lipinski definition) is 9. The summed E-state index contributed by atoms with van der Waals surface area (Å²) in [5, 5.41) is 7.15. The molecular formula is C23H22ClN3O4S2.